The van der Waals surface area contributed by atoms with Crippen LogP contribution in [0.3, 0.4) is 0 Å². The number of hydrogen-bond donors (Lipinski definition) is 1. The molecule has 1 rings (SSSR count). The molecule has 0 saturated carbocycles. The van der Waals surface area contributed by atoms with Crippen LogP contribution in [0.1, 0.15) is 52.7 Å². The van der Waals surface area contributed by atoms with Crippen molar-refractivity contribution in [2.45, 2.75) is 59.9 Å². The van der Waals surface area contributed by atoms with Gasteiger partial charge in [0.25, 0.3) is 0 Å². The van der Waals surface area contributed by atoms with Crippen LogP contribution in [0.2, 0.25) is 0 Å². The molecule has 0 aromatic heterocycles. The average Bonchev–Trinajstić information content (AvgIpc) is 2.28. The third-order valence-electron chi connectivity index (χ3n) is 3.74. The second-order valence-corrected chi connectivity index (χ2v) is 7.77. The van der Waals surface area contributed by atoms with E-state index in [9.17, 15) is 0 Å². The summed E-state index contributed by atoms with van der Waals surface area (Å²) in [5, 5.41) is 3.36. The van der Waals surface area contributed by atoms with Crippen molar-refractivity contribution in [3.63, 3.8) is 0 Å². The Kier molecular flexibility index (Phi) is 5.26. The van der Waals surface area contributed by atoms with E-state index in [2.05, 4.69) is 72.0 Å². The van der Waals surface area contributed by atoms with Crippen LogP contribution in [0.5, 0.6) is 5.75 Å². The zero-order valence-corrected chi connectivity index (χ0v) is 14.4. The van der Waals surface area contributed by atoms with Gasteiger partial charge in [-0.1, -0.05) is 59.2 Å². The van der Waals surface area contributed by atoms with Crippen molar-refractivity contribution in [1.29, 1.82) is 0 Å². The van der Waals surface area contributed by atoms with E-state index < -0.39 is 0 Å². The third kappa shape index (κ3) is 4.52. The maximum absolute atomic E-state index is 6.14. The molecule has 20 heavy (non-hydrogen) atoms. The van der Waals surface area contributed by atoms with E-state index in [1.165, 1.54) is 11.1 Å². The van der Waals surface area contributed by atoms with Crippen LogP contribution in [-0.4, -0.2) is 19.7 Å². The SMILES string of the molecule is CNC(COc1ccc(C)cc1C(C)(C)C)C(C)(C)C. The van der Waals surface area contributed by atoms with Crippen LogP contribution in [0.15, 0.2) is 18.2 Å². The number of rotatable bonds is 4. The van der Waals surface area contributed by atoms with E-state index in [0.717, 1.165) is 5.75 Å². The molecule has 114 valence electrons. The van der Waals surface area contributed by atoms with Crippen molar-refractivity contribution in [2.75, 3.05) is 13.7 Å². The Bertz CT molecular complexity index is 438. The molecule has 0 bridgehead atoms. The summed E-state index contributed by atoms with van der Waals surface area (Å²) in [5.41, 5.74) is 2.84. The molecule has 2 heteroatoms. The molecule has 2 nitrogen and oxygen atoms in total. The Morgan fingerprint density at radius 2 is 1.70 bits per heavy atom. The van der Waals surface area contributed by atoms with Crippen LogP contribution in [0, 0.1) is 12.3 Å². The van der Waals surface area contributed by atoms with Gasteiger partial charge in [0.15, 0.2) is 0 Å². The third-order valence-corrected chi connectivity index (χ3v) is 3.74. The minimum Gasteiger partial charge on any atom is -0.492 e. The first-order chi connectivity index (χ1) is 9.05. The lowest BCUT2D eigenvalue weighted by Crippen LogP contribution is -2.42. The largest absolute Gasteiger partial charge is 0.492 e. The summed E-state index contributed by atoms with van der Waals surface area (Å²) in [6.45, 7) is 16.2. The molecule has 0 radical (unpaired) electrons. The summed E-state index contributed by atoms with van der Waals surface area (Å²) in [6, 6.07) is 6.79. The second kappa shape index (κ2) is 6.17. The molecule has 0 saturated heterocycles. The summed E-state index contributed by atoms with van der Waals surface area (Å²) in [4.78, 5) is 0. The first-order valence-corrected chi connectivity index (χ1v) is 7.47. The van der Waals surface area contributed by atoms with Crippen LogP contribution in [-0.2, 0) is 5.41 Å². The van der Waals surface area contributed by atoms with E-state index in [1.54, 1.807) is 0 Å². The predicted octanol–water partition coefficient (Wildman–Crippen LogP) is 4.31. The number of benzene rings is 1. The van der Waals surface area contributed by atoms with Crippen LogP contribution in [0.25, 0.3) is 0 Å². The molecule has 1 N–H and O–H groups in total. The number of aryl methyl sites for hydroxylation is 1. The highest BCUT2D eigenvalue weighted by Gasteiger charge is 2.25. The zero-order valence-electron chi connectivity index (χ0n) is 14.4. The van der Waals surface area contributed by atoms with E-state index in [0.29, 0.717) is 12.6 Å². The van der Waals surface area contributed by atoms with Gasteiger partial charge in [0.2, 0.25) is 0 Å². The van der Waals surface area contributed by atoms with E-state index in [4.69, 9.17) is 4.74 Å². The molecular weight excluding hydrogens is 246 g/mol. The van der Waals surface area contributed by atoms with Crippen molar-refractivity contribution in [3.05, 3.63) is 29.3 Å². The smallest absolute Gasteiger partial charge is 0.123 e. The Morgan fingerprint density at radius 3 is 2.15 bits per heavy atom. The zero-order chi connectivity index (χ0) is 15.6. The number of nitrogens with one attached hydrogen (secondary N) is 1. The molecule has 0 aliphatic carbocycles. The lowest BCUT2D eigenvalue weighted by atomic mass is 9.85. The standard InChI is InChI=1S/C18H31NO/c1-13-9-10-15(14(11-13)17(2,3)4)20-12-16(19-8)18(5,6)7/h9-11,16,19H,12H2,1-8H3. The van der Waals surface area contributed by atoms with Crippen LogP contribution in [0.4, 0.5) is 0 Å². The van der Waals surface area contributed by atoms with Gasteiger partial charge in [-0.15, -0.1) is 0 Å². The van der Waals surface area contributed by atoms with Gasteiger partial charge in [-0.2, -0.15) is 0 Å². The fraction of sp³-hybridized carbons (Fsp3) is 0.667. The summed E-state index contributed by atoms with van der Waals surface area (Å²) < 4.78 is 6.14. The molecule has 1 aromatic carbocycles. The Hall–Kier alpha value is -1.02. The summed E-state index contributed by atoms with van der Waals surface area (Å²) in [7, 11) is 2.00. The van der Waals surface area contributed by atoms with Crippen LogP contribution >= 0.6 is 0 Å². The van der Waals surface area contributed by atoms with Gasteiger partial charge in [0.1, 0.15) is 12.4 Å². The van der Waals surface area contributed by atoms with Gasteiger partial charge < -0.3 is 10.1 Å². The van der Waals surface area contributed by atoms with Crippen molar-refractivity contribution in [2.24, 2.45) is 5.41 Å². The molecule has 0 spiro atoms. The van der Waals surface area contributed by atoms with Crippen molar-refractivity contribution in [1.82, 2.24) is 5.32 Å². The van der Waals surface area contributed by atoms with Gasteiger partial charge in [0, 0.05) is 6.04 Å². The Labute approximate surface area is 124 Å². The molecule has 0 fully saturated rings. The summed E-state index contributed by atoms with van der Waals surface area (Å²) in [6.07, 6.45) is 0. The molecule has 0 amide bonds. The fourth-order valence-electron chi connectivity index (χ4n) is 2.30. The molecule has 1 atom stereocenters. The minimum atomic E-state index is 0.0955. The van der Waals surface area contributed by atoms with Gasteiger partial charge in [-0.3, -0.25) is 0 Å². The number of ether oxygens (including phenoxy) is 1. The van der Waals surface area contributed by atoms with Crippen LogP contribution < -0.4 is 10.1 Å². The first kappa shape index (κ1) is 17.0. The highest BCUT2D eigenvalue weighted by Crippen LogP contribution is 2.32. The average molecular weight is 277 g/mol. The normalized spacial score (nSPS) is 14.2. The molecular formula is C18H31NO. The maximum atomic E-state index is 6.14. The van der Waals surface area contributed by atoms with Gasteiger partial charge in [0.05, 0.1) is 0 Å². The Balaban J connectivity index is 2.93. The number of likely N-dealkylation sites (N-methyl/N-ethyl adjacent to an activating group) is 1. The lowest BCUT2D eigenvalue weighted by molar-refractivity contribution is 0.179. The highest BCUT2D eigenvalue weighted by atomic mass is 16.5. The minimum absolute atomic E-state index is 0.0955. The van der Waals surface area contributed by atoms with Crippen molar-refractivity contribution < 1.29 is 4.74 Å². The van der Waals surface area contributed by atoms with E-state index in [-0.39, 0.29) is 10.8 Å². The monoisotopic (exact) mass is 277 g/mol. The quantitative estimate of drug-likeness (QED) is 0.885. The van der Waals surface area contributed by atoms with Crippen molar-refractivity contribution >= 4 is 0 Å². The summed E-state index contributed by atoms with van der Waals surface area (Å²) >= 11 is 0. The predicted molar refractivity (Wildman–Crippen MR) is 87.7 cm³/mol. The Morgan fingerprint density at radius 1 is 1.10 bits per heavy atom. The lowest BCUT2D eigenvalue weighted by Gasteiger charge is -2.31. The second-order valence-electron chi connectivity index (χ2n) is 7.77. The number of hydrogen-bond acceptors (Lipinski definition) is 2. The van der Waals surface area contributed by atoms with Gasteiger partial charge >= 0.3 is 0 Å². The summed E-state index contributed by atoms with van der Waals surface area (Å²) in [5.74, 6) is 1.01. The van der Waals surface area contributed by atoms with Gasteiger partial charge in [-0.25, -0.2) is 0 Å². The highest BCUT2D eigenvalue weighted by molar-refractivity contribution is 5.41. The maximum Gasteiger partial charge on any atom is 0.123 e. The van der Waals surface area contributed by atoms with E-state index in [1.807, 2.05) is 7.05 Å². The molecule has 0 aliphatic heterocycles. The van der Waals surface area contributed by atoms with Gasteiger partial charge in [-0.05, 0) is 36.4 Å². The topological polar surface area (TPSA) is 21.3 Å². The molecule has 0 heterocycles. The first-order valence-electron chi connectivity index (χ1n) is 7.47. The van der Waals surface area contributed by atoms with Crippen molar-refractivity contribution in [3.8, 4) is 5.75 Å². The molecule has 1 aromatic rings. The molecule has 0 aliphatic rings. The fourth-order valence-corrected chi connectivity index (χ4v) is 2.30. The molecule has 1 unspecified atom stereocenters. The van der Waals surface area contributed by atoms with E-state index >= 15 is 0 Å².